The number of carbonyl (C=O) groups is 5. The van der Waals surface area contributed by atoms with Gasteiger partial charge in [-0.05, 0) is 168 Å². The fourth-order valence-corrected chi connectivity index (χ4v) is 13.8. The van der Waals surface area contributed by atoms with Gasteiger partial charge < -0.3 is 38.6 Å². The van der Waals surface area contributed by atoms with E-state index in [4.69, 9.17) is 28.4 Å². The predicted octanol–water partition coefficient (Wildman–Crippen LogP) is 13.8. The summed E-state index contributed by atoms with van der Waals surface area (Å²) in [5.74, 6) is -2.88. The minimum absolute atomic E-state index is 0.0412. The number of hydrogen-bond donors (Lipinski definition) is 2. The highest BCUT2D eigenvalue weighted by Gasteiger charge is 2.53. The maximum absolute atomic E-state index is 13.8. The van der Waals surface area contributed by atoms with Crippen LogP contribution in [0.3, 0.4) is 0 Å². The number of carboxylic acid groups (broad SMARTS) is 2. The van der Waals surface area contributed by atoms with Crippen LogP contribution in [-0.2, 0) is 29.8 Å². The van der Waals surface area contributed by atoms with Gasteiger partial charge in [0.05, 0.1) is 33.1 Å². The standard InChI is InChI=1S/C74H52O13/c1-43-18-24-53-49-10-2-6-14-61(49)73(65(53)36-43)62-15-7-3-11-50(62)54-28-22-47(40-66(54)73)85-33-35-87-72(81)60-38-45(19-25-57(60)69(76)77)44-20-26-58(59(37-44)70(78)79)71(80)86-34-32-84-48-23-29-56-52-13-5-9-17-64(52)74(68(56)41-48)63-16-8-4-12-51(63)55-27-21-46(39-67(55)74)83-31-30-82-42-75/h2-29,36-42H,30-35H2,1H3,(H,76,77)(H,78,79). The lowest BCUT2D eigenvalue weighted by atomic mass is 9.70. The highest BCUT2D eigenvalue weighted by Crippen LogP contribution is 2.65. The Kier molecular flexibility index (Phi) is 13.3. The van der Waals surface area contributed by atoms with Crippen LogP contribution in [0, 0.1) is 6.92 Å². The van der Waals surface area contributed by atoms with Crippen LogP contribution in [0.25, 0.3) is 55.6 Å². The Balaban J connectivity index is 0.656. The third-order valence-corrected chi connectivity index (χ3v) is 17.2. The van der Waals surface area contributed by atoms with Gasteiger partial charge in [0.25, 0.3) is 6.47 Å². The molecule has 4 aliphatic carbocycles. The summed E-state index contributed by atoms with van der Waals surface area (Å²) in [6, 6.07) is 66.3. The summed E-state index contributed by atoms with van der Waals surface area (Å²) >= 11 is 0. The smallest absolute Gasteiger partial charge is 0.339 e. The van der Waals surface area contributed by atoms with Crippen LogP contribution < -0.4 is 14.2 Å². The van der Waals surface area contributed by atoms with Crippen LogP contribution in [0.2, 0.25) is 0 Å². The lowest BCUT2D eigenvalue weighted by Gasteiger charge is -2.30. The van der Waals surface area contributed by atoms with Gasteiger partial charge in [-0.2, -0.15) is 0 Å². The first kappa shape index (κ1) is 53.9. The van der Waals surface area contributed by atoms with E-state index in [1.165, 1.54) is 64.2 Å². The number of aryl methyl sites for hydroxylation is 1. The summed E-state index contributed by atoms with van der Waals surface area (Å²) in [4.78, 5) is 63.5. The normalized spacial score (nSPS) is 15.4. The molecule has 0 fully saturated rings. The van der Waals surface area contributed by atoms with E-state index in [-0.39, 0.29) is 67.5 Å². The molecule has 0 saturated heterocycles. The Labute approximate surface area is 499 Å². The molecule has 0 bridgehead atoms. The van der Waals surface area contributed by atoms with Crippen LogP contribution in [0.4, 0.5) is 0 Å². The van der Waals surface area contributed by atoms with Crippen molar-refractivity contribution in [3.8, 4) is 72.9 Å². The van der Waals surface area contributed by atoms with Crippen molar-refractivity contribution in [3.63, 3.8) is 0 Å². The SMILES string of the molecule is Cc1ccc2c(c1)C1(c3ccccc3-2)c2ccccc2-c2ccc(OCCOC(=O)c3cc(-c4ccc(C(=O)OCCOc5ccc6c(c5)C5(c7ccccc7-c7ccc(OCCOC=O)cc75)c5ccccc5-6)c(C(=O)O)c4)ccc3C(=O)O)cc21. The van der Waals surface area contributed by atoms with E-state index >= 15 is 0 Å². The molecule has 13 heteroatoms. The van der Waals surface area contributed by atoms with Crippen molar-refractivity contribution in [2.45, 2.75) is 17.8 Å². The second kappa shape index (κ2) is 21.5. The van der Waals surface area contributed by atoms with Gasteiger partial charge in [0.15, 0.2) is 0 Å². The zero-order valence-electron chi connectivity index (χ0n) is 46.8. The molecule has 0 heterocycles. The lowest BCUT2D eigenvalue weighted by Crippen LogP contribution is -2.26. The van der Waals surface area contributed by atoms with E-state index in [1.54, 1.807) is 0 Å². The minimum Gasteiger partial charge on any atom is -0.490 e. The largest absolute Gasteiger partial charge is 0.490 e. The molecule has 10 aromatic rings. The van der Waals surface area contributed by atoms with Gasteiger partial charge in [0.2, 0.25) is 0 Å². The summed E-state index contributed by atoms with van der Waals surface area (Å²) < 4.78 is 34.8. The van der Waals surface area contributed by atoms with Gasteiger partial charge in [0.1, 0.15) is 56.9 Å². The quantitative estimate of drug-likeness (QED) is 0.0359. The Morgan fingerprint density at radius 3 is 1.14 bits per heavy atom. The average molecular weight is 1150 g/mol. The van der Waals surface area contributed by atoms with Crippen LogP contribution in [-0.4, -0.2) is 80.2 Å². The summed E-state index contributed by atoms with van der Waals surface area (Å²) in [5, 5.41) is 20.6. The minimum atomic E-state index is -1.41. The number of hydrogen-bond acceptors (Lipinski definition) is 11. The van der Waals surface area contributed by atoms with E-state index < -0.39 is 34.7 Å². The summed E-state index contributed by atoms with van der Waals surface area (Å²) in [7, 11) is 0. The molecule has 2 unspecified atom stereocenters. The Bertz CT molecular complexity index is 4510. The molecule has 87 heavy (non-hydrogen) atoms. The first-order valence-electron chi connectivity index (χ1n) is 28.5. The number of aromatic carboxylic acids is 2. The van der Waals surface area contributed by atoms with Crippen molar-refractivity contribution in [3.05, 3.63) is 279 Å². The first-order chi connectivity index (χ1) is 42.5. The van der Waals surface area contributed by atoms with Crippen molar-refractivity contribution in [1.29, 1.82) is 0 Å². The van der Waals surface area contributed by atoms with Crippen LogP contribution in [0.5, 0.6) is 17.2 Å². The highest BCUT2D eigenvalue weighted by atomic mass is 16.6. The number of ether oxygens (including phenoxy) is 6. The molecule has 14 rings (SSSR count). The Morgan fingerprint density at radius 2 is 0.713 bits per heavy atom. The molecule has 0 saturated carbocycles. The molecule has 0 aliphatic heterocycles. The van der Waals surface area contributed by atoms with E-state index in [2.05, 4.69) is 116 Å². The summed E-state index contributed by atoms with van der Waals surface area (Å²) in [5.41, 5.74) is 17.0. The number of carboxylic acids is 2. The topological polar surface area (TPSA) is 181 Å². The van der Waals surface area contributed by atoms with Gasteiger partial charge in [0, 0.05) is 0 Å². The molecule has 2 atom stereocenters. The lowest BCUT2D eigenvalue weighted by molar-refractivity contribution is -0.129. The number of benzene rings is 10. The molecule has 0 radical (unpaired) electrons. The molecule has 2 N–H and O–H groups in total. The van der Waals surface area contributed by atoms with E-state index in [0.29, 0.717) is 29.3 Å². The molecule has 0 amide bonds. The fourth-order valence-electron chi connectivity index (χ4n) is 13.8. The van der Waals surface area contributed by atoms with Crippen LogP contribution >= 0.6 is 0 Å². The van der Waals surface area contributed by atoms with Crippen molar-refractivity contribution in [1.82, 2.24) is 0 Å². The third kappa shape index (κ3) is 8.63. The van der Waals surface area contributed by atoms with E-state index in [0.717, 1.165) is 66.8 Å². The van der Waals surface area contributed by atoms with Crippen molar-refractivity contribution in [2.75, 3.05) is 39.6 Å². The zero-order valence-corrected chi connectivity index (χ0v) is 46.8. The van der Waals surface area contributed by atoms with Gasteiger partial charge in [-0.15, -0.1) is 0 Å². The molecule has 10 aromatic carbocycles. The van der Waals surface area contributed by atoms with Gasteiger partial charge in [-0.25, -0.2) is 19.2 Å². The Hall–Kier alpha value is -11.1. The molecule has 2 spiro atoms. The van der Waals surface area contributed by atoms with Crippen molar-refractivity contribution in [2.24, 2.45) is 0 Å². The third-order valence-electron chi connectivity index (χ3n) is 17.2. The van der Waals surface area contributed by atoms with Gasteiger partial charge in [-0.3, -0.25) is 4.79 Å². The summed E-state index contributed by atoms with van der Waals surface area (Å²) in [6.07, 6.45) is 0. The van der Waals surface area contributed by atoms with Crippen LogP contribution in [0.15, 0.2) is 206 Å². The number of rotatable bonds is 18. The van der Waals surface area contributed by atoms with E-state index in [9.17, 15) is 34.2 Å². The molecular formula is C74H52O13. The molecular weight excluding hydrogens is 1100 g/mol. The van der Waals surface area contributed by atoms with Crippen molar-refractivity contribution >= 4 is 30.3 Å². The number of fused-ring (bicyclic) bond motifs is 20. The molecule has 4 aliphatic rings. The average Bonchev–Trinajstić information content (AvgIpc) is 1.53. The zero-order chi connectivity index (χ0) is 59.6. The van der Waals surface area contributed by atoms with Crippen LogP contribution in [0.1, 0.15) is 91.5 Å². The number of esters is 2. The molecule has 426 valence electrons. The first-order valence-corrected chi connectivity index (χ1v) is 28.5. The molecule has 0 aromatic heterocycles. The van der Waals surface area contributed by atoms with Gasteiger partial charge in [-0.1, -0.05) is 151 Å². The summed E-state index contributed by atoms with van der Waals surface area (Å²) in [6.45, 7) is 2.25. The number of carbonyl (C=O) groups excluding carboxylic acids is 3. The van der Waals surface area contributed by atoms with E-state index in [1.807, 2.05) is 60.7 Å². The second-order valence-electron chi connectivity index (χ2n) is 21.8. The monoisotopic (exact) mass is 1150 g/mol. The fraction of sp³-hybridized carbons (Fsp3) is 0.122. The highest BCUT2D eigenvalue weighted by molar-refractivity contribution is 6.06. The predicted molar refractivity (Wildman–Crippen MR) is 325 cm³/mol. The maximum Gasteiger partial charge on any atom is 0.339 e. The van der Waals surface area contributed by atoms with Gasteiger partial charge >= 0.3 is 23.9 Å². The molecule has 13 nitrogen and oxygen atoms in total. The van der Waals surface area contributed by atoms with Crippen molar-refractivity contribution < 1.29 is 62.6 Å². The maximum atomic E-state index is 13.8. The second-order valence-corrected chi connectivity index (χ2v) is 21.8. The Morgan fingerprint density at radius 1 is 0.356 bits per heavy atom.